The van der Waals surface area contributed by atoms with Crippen LogP contribution in [0.2, 0.25) is 0 Å². The number of nitrogens with zero attached hydrogens (tertiary/aromatic N) is 3. The second-order valence-corrected chi connectivity index (χ2v) is 10.7. The van der Waals surface area contributed by atoms with E-state index in [0.717, 1.165) is 57.1 Å². The quantitative estimate of drug-likeness (QED) is 0.598. The van der Waals surface area contributed by atoms with Crippen LogP contribution in [0.25, 0.3) is 10.1 Å². The summed E-state index contributed by atoms with van der Waals surface area (Å²) in [7, 11) is 0. The van der Waals surface area contributed by atoms with Gasteiger partial charge in [0.2, 0.25) is 5.91 Å². The molecule has 0 aliphatic carbocycles. The van der Waals surface area contributed by atoms with Crippen LogP contribution < -0.4 is 10.2 Å². The lowest BCUT2D eigenvalue weighted by molar-refractivity contribution is -0.117. The highest BCUT2D eigenvalue weighted by molar-refractivity contribution is 7.13. The van der Waals surface area contributed by atoms with Crippen molar-refractivity contribution in [2.75, 3.05) is 42.9 Å². The van der Waals surface area contributed by atoms with Crippen LogP contribution in [0.5, 0.6) is 0 Å². The van der Waals surface area contributed by atoms with Gasteiger partial charge in [-0.05, 0) is 66.7 Å². The van der Waals surface area contributed by atoms with E-state index in [1.54, 1.807) is 11.5 Å². The molecule has 2 aromatic carbocycles. The van der Waals surface area contributed by atoms with Crippen molar-refractivity contribution in [3.8, 4) is 0 Å². The lowest BCUT2D eigenvalue weighted by atomic mass is 9.76. The van der Waals surface area contributed by atoms with Crippen LogP contribution >= 0.6 is 11.5 Å². The molecule has 2 aliphatic heterocycles. The molecule has 168 valence electrons. The highest BCUT2D eigenvalue weighted by Gasteiger charge is 2.33. The van der Waals surface area contributed by atoms with Crippen LogP contribution in [0, 0.1) is 6.92 Å². The molecule has 5 nitrogen and oxygen atoms in total. The summed E-state index contributed by atoms with van der Waals surface area (Å²) in [4.78, 5) is 17.1. The number of aromatic nitrogens is 1. The van der Waals surface area contributed by atoms with Gasteiger partial charge in [0.1, 0.15) is 5.82 Å². The summed E-state index contributed by atoms with van der Waals surface area (Å²) in [5, 5.41) is 4.37. The molecule has 2 aliphatic rings. The minimum absolute atomic E-state index is 0.103. The average Bonchev–Trinajstić information content (AvgIpc) is 3.19. The van der Waals surface area contributed by atoms with E-state index in [2.05, 4.69) is 72.3 Å². The zero-order chi connectivity index (χ0) is 22.3. The molecule has 1 saturated heterocycles. The maximum Gasteiger partial charge on any atom is 0.225 e. The molecule has 1 fully saturated rings. The summed E-state index contributed by atoms with van der Waals surface area (Å²) in [5.74, 6) is 1.28. The molecule has 0 spiro atoms. The number of rotatable bonds is 5. The van der Waals surface area contributed by atoms with Crippen molar-refractivity contribution in [3.63, 3.8) is 0 Å². The zero-order valence-corrected chi connectivity index (χ0v) is 20.1. The van der Waals surface area contributed by atoms with Crippen molar-refractivity contribution in [2.45, 2.75) is 45.4 Å². The summed E-state index contributed by atoms with van der Waals surface area (Å²) in [6, 6.07) is 13.1. The molecular weight excluding hydrogens is 416 g/mol. The maximum atomic E-state index is 12.1. The highest BCUT2D eigenvalue weighted by Crippen LogP contribution is 2.39. The molecule has 0 saturated carbocycles. The third-order valence-electron chi connectivity index (χ3n) is 6.96. The van der Waals surface area contributed by atoms with Crippen molar-refractivity contribution in [2.24, 2.45) is 0 Å². The van der Waals surface area contributed by atoms with Crippen LogP contribution in [-0.2, 0) is 16.6 Å². The monoisotopic (exact) mass is 448 g/mol. The standard InChI is InChI=1S/C26H32N4OS/c1-18-15-19(16-21-24(18)27-23(31)17-26(21,2)3)7-6-10-29-11-13-30(14-12-29)25-20-8-4-5-9-22(20)32-28-25/h4-5,8-9,15-16H,6-7,10-14,17H2,1-3H3,(H,27,31). The lowest BCUT2D eigenvalue weighted by Crippen LogP contribution is -2.46. The number of benzene rings is 2. The Bertz CT molecular complexity index is 1140. The molecule has 1 aromatic heterocycles. The van der Waals surface area contributed by atoms with Crippen molar-refractivity contribution >= 4 is 39.0 Å². The molecule has 0 atom stereocenters. The predicted molar refractivity (Wildman–Crippen MR) is 134 cm³/mol. The fourth-order valence-electron chi connectivity index (χ4n) is 5.18. The SMILES string of the molecule is Cc1cc(CCCN2CCN(c3nsc4ccccc34)CC2)cc2c1NC(=O)CC2(C)C. The molecule has 0 bridgehead atoms. The number of anilines is 2. The lowest BCUT2D eigenvalue weighted by Gasteiger charge is -2.35. The van der Waals surface area contributed by atoms with E-state index in [-0.39, 0.29) is 11.3 Å². The average molecular weight is 449 g/mol. The third-order valence-corrected chi connectivity index (χ3v) is 7.78. The Hall–Kier alpha value is -2.44. The van der Waals surface area contributed by atoms with Crippen molar-refractivity contribution in [3.05, 3.63) is 53.1 Å². The molecule has 6 heteroatoms. The van der Waals surface area contributed by atoms with Crippen molar-refractivity contribution in [1.82, 2.24) is 9.27 Å². The van der Waals surface area contributed by atoms with Crippen LogP contribution in [0.4, 0.5) is 11.5 Å². The molecule has 0 unspecified atom stereocenters. The molecule has 1 N–H and O–H groups in total. The van der Waals surface area contributed by atoms with Crippen LogP contribution in [0.3, 0.4) is 0 Å². The van der Waals surface area contributed by atoms with Gasteiger partial charge >= 0.3 is 0 Å². The number of carbonyl (C=O) groups excluding carboxylic acids is 1. The molecule has 3 aromatic rings. The molecule has 3 heterocycles. The minimum atomic E-state index is -0.103. The second-order valence-electron chi connectivity index (χ2n) is 9.88. The number of amides is 1. The van der Waals surface area contributed by atoms with Gasteiger partial charge in [0.15, 0.2) is 0 Å². The Morgan fingerprint density at radius 1 is 1.12 bits per heavy atom. The smallest absolute Gasteiger partial charge is 0.225 e. The van der Waals surface area contributed by atoms with Gasteiger partial charge in [0, 0.05) is 49.1 Å². The number of aryl methyl sites for hydroxylation is 2. The first-order valence-corrected chi connectivity index (χ1v) is 12.4. The molecule has 0 radical (unpaired) electrons. The molecule has 5 rings (SSSR count). The summed E-state index contributed by atoms with van der Waals surface area (Å²) >= 11 is 1.60. The first kappa shape index (κ1) is 21.4. The Morgan fingerprint density at radius 2 is 1.91 bits per heavy atom. The van der Waals surface area contributed by atoms with Crippen LogP contribution in [-0.4, -0.2) is 47.9 Å². The van der Waals surface area contributed by atoms with Gasteiger partial charge in [0.25, 0.3) is 0 Å². The number of carbonyl (C=O) groups is 1. The van der Waals surface area contributed by atoms with Gasteiger partial charge in [-0.15, -0.1) is 0 Å². The predicted octanol–water partition coefficient (Wildman–Crippen LogP) is 4.98. The largest absolute Gasteiger partial charge is 0.353 e. The van der Waals surface area contributed by atoms with E-state index >= 15 is 0 Å². The third kappa shape index (κ3) is 4.14. The van der Waals surface area contributed by atoms with Gasteiger partial charge < -0.3 is 10.2 Å². The molecule has 32 heavy (non-hydrogen) atoms. The summed E-state index contributed by atoms with van der Waals surface area (Å²) in [6.45, 7) is 11.9. The number of hydrogen-bond donors (Lipinski definition) is 1. The minimum Gasteiger partial charge on any atom is -0.353 e. The van der Waals surface area contributed by atoms with E-state index in [1.807, 2.05) is 0 Å². The van der Waals surface area contributed by atoms with Crippen molar-refractivity contribution < 1.29 is 4.79 Å². The number of nitrogens with one attached hydrogen (secondary N) is 1. The fourth-order valence-corrected chi connectivity index (χ4v) is 5.97. The molecular formula is C26H32N4OS. The van der Waals surface area contributed by atoms with Crippen molar-refractivity contribution in [1.29, 1.82) is 0 Å². The fraction of sp³-hybridized carbons (Fsp3) is 0.462. The maximum absolute atomic E-state index is 12.1. The Kier molecular flexibility index (Phi) is 5.68. The normalized spacial score (nSPS) is 18.6. The Morgan fingerprint density at radius 3 is 2.72 bits per heavy atom. The summed E-state index contributed by atoms with van der Waals surface area (Å²) in [6.07, 6.45) is 2.79. The Labute approximate surface area is 194 Å². The zero-order valence-electron chi connectivity index (χ0n) is 19.3. The van der Waals surface area contributed by atoms with Gasteiger partial charge in [-0.3, -0.25) is 9.69 Å². The van der Waals surface area contributed by atoms with E-state index in [1.165, 1.54) is 26.8 Å². The van der Waals surface area contributed by atoms with Crippen LogP contribution in [0.15, 0.2) is 36.4 Å². The Balaban J connectivity index is 1.17. The van der Waals surface area contributed by atoms with E-state index in [9.17, 15) is 4.79 Å². The van der Waals surface area contributed by atoms with Gasteiger partial charge in [-0.2, -0.15) is 4.37 Å². The first-order chi connectivity index (χ1) is 15.4. The number of hydrogen-bond acceptors (Lipinski definition) is 5. The topological polar surface area (TPSA) is 48.5 Å². The van der Waals surface area contributed by atoms with Gasteiger partial charge in [0.05, 0.1) is 4.70 Å². The number of piperazine rings is 1. The van der Waals surface area contributed by atoms with Gasteiger partial charge in [-0.25, -0.2) is 0 Å². The van der Waals surface area contributed by atoms with Gasteiger partial charge in [-0.1, -0.05) is 38.1 Å². The first-order valence-electron chi connectivity index (χ1n) is 11.7. The molecule has 1 amide bonds. The van der Waals surface area contributed by atoms with E-state index < -0.39 is 0 Å². The summed E-state index contributed by atoms with van der Waals surface area (Å²) < 4.78 is 6.00. The van der Waals surface area contributed by atoms with Crippen LogP contribution in [0.1, 0.15) is 43.4 Å². The second kappa shape index (κ2) is 8.49. The summed E-state index contributed by atoms with van der Waals surface area (Å²) in [5.41, 5.74) is 4.78. The number of fused-ring (bicyclic) bond motifs is 2. The van der Waals surface area contributed by atoms with E-state index in [0.29, 0.717) is 6.42 Å². The van der Waals surface area contributed by atoms with E-state index in [4.69, 9.17) is 4.37 Å². The highest BCUT2D eigenvalue weighted by atomic mass is 32.1.